The Bertz CT molecular complexity index is 2930. The fraction of sp³-hybridized carbons (Fsp3) is 0.429. The minimum atomic E-state index is 0.522. The zero-order valence-electron chi connectivity index (χ0n) is 51.6. The molecule has 436 valence electrons. The summed E-state index contributed by atoms with van der Waals surface area (Å²) in [4.78, 5) is 0. The Kier molecular flexibility index (Phi) is 25.3. The molecule has 4 unspecified atom stereocenters. The van der Waals surface area contributed by atoms with E-state index in [1.54, 1.807) is 0 Å². The van der Waals surface area contributed by atoms with E-state index in [0.717, 1.165) is 67.0 Å². The normalized spacial score (nSPS) is 14.6. The van der Waals surface area contributed by atoms with Gasteiger partial charge in [-0.1, -0.05) is 191 Å². The monoisotopic (exact) mass is 1100 g/mol. The Balaban J connectivity index is 0.000000158. The molecule has 5 nitrogen and oxygen atoms in total. The molecule has 1 saturated heterocycles. The molecule has 4 atom stereocenters. The highest BCUT2D eigenvalue weighted by atomic mass is 16.5. The second kappa shape index (κ2) is 32.9. The van der Waals surface area contributed by atoms with E-state index in [1.165, 1.54) is 133 Å². The van der Waals surface area contributed by atoms with Crippen LogP contribution in [0, 0.1) is 5.41 Å². The first-order valence-corrected chi connectivity index (χ1v) is 31.4. The molecule has 2 aliphatic carbocycles. The minimum Gasteiger partial charge on any atom is -0.494 e. The van der Waals surface area contributed by atoms with Gasteiger partial charge in [-0.05, 0) is 216 Å². The molecule has 0 aromatic heterocycles. The Morgan fingerprint density at radius 3 is 1.23 bits per heavy atom. The van der Waals surface area contributed by atoms with Crippen LogP contribution in [0.4, 0.5) is 0 Å². The van der Waals surface area contributed by atoms with Crippen LogP contribution in [0.15, 0.2) is 164 Å². The maximum Gasteiger partial charge on any atom is 0.127 e. The van der Waals surface area contributed by atoms with Crippen LogP contribution in [-0.2, 0) is 43.6 Å². The van der Waals surface area contributed by atoms with E-state index < -0.39 is 0 Å². The van der Waals surface area contributed by atoms with Gasteiger partial charge in [0, 0.05) is 5.41 Å². The van der Waals surface area contributed by atoms with Crippen LogP contribution in [0.2, 0.25) is 0 Å². The fourth-order valence-electron chi connectivity index (χ4n) is 10.3. The van der Waals surface area contributed by atoms with E-state index in [4.69, 9.17) is 23.7 Å². The SMILES string of the molecule is C=Cc1ccc(COc2ccc(C(C)CC)cc2)cc1.CCC(C)c1ccc(OCCCCCCC2(CC)COC2)cc1.CCC(C)c1ccc(OCc2ccc3c(c2)CC3)cc1.CCC(C)c1ccc(Oc2ccc3c(c2)CC3)cc1. The van der Waals surface area contributed by atoms with Crippen molar-refractivity contribution in [1.82, 2.24) is 0 Å². The molecule has 1 fully saturated rings. The lowest BCUT2D eigenvalue weighted by atomic mass is 9.78. The Morgan fingerprint density at radius 1 is 0.427 bits per heavy atom. The molecule has 82 heavy (non-hydrogen) atoms. The number of ether oxygens (including phenoxy) is 5. The lowest BCUT2D eigenvalue weighted by Crippen LogP contribution is -2.41. The number of rotatable bonds is 26. The van der Waals surface area contributed by atoms with E-state index in [2.05, 4.69) is 227 Å². The molecule has 7 aromatic carbocycles. The first-order chi connectivity index (χ1) is 39.9. The van der Waals surface area contributed by atoms with Crippen LogP contribution in [-0.4, -0.2) is 19.8 Å². The second-order valence-electron chi connectivity index (χ2n) is 23.5. The van der Waals surface area contributed by atoms with Crippen molar-refractivity contribution in [2.45, 2.75) is 189 Å². The van der Waals surface area contributed by atoms with Crippen molar-refractivity contribution in [3.8, 4) is 28.7 Å². The molecule has 0 saturated carbocycles. The van der Waals surface area contributed by atoms with Crippen LogP contribution < -0.4 is 18.9 Å². The highest BCUT2D eigenvalue weighted by molar-refractivity contribution is 5.47. The fourth-order valence-corrected chi connectivity index (χ4v) is 10.3. The first-order valence-electron chi connectivity index (χ1n) is 31.4. The van der Waals surface area contributed by atoms with Gasteiger partial charge in [0.25, 0.3) is 0 Å². The molecule has 0 bridgehead atoms. The molecule has 3 aliphatic rings. The van der Waals surface area contributed by atoms with Crippen molar-refractivity contribution in [1.29, 1.82) is 0 Å². The lowest BCUT2D eigenvalue weighted by molar-refractivity contribution is -0.120. The summed E-state index contributed by atoms with van der Waals surface area (Å²) in [5.41, 5.74) is 15.6. The van der Waals surface area contributed by atoms with Crippen molar-refractivity contribution in [3.63, 3.8) is 0 Å². The summed E-state index contributed by atoms with van der Waals surface area (Å²) in [6.07, 6.45) is 19.1. The van der Waals surface area contributed by atoms with Crippen LogP contribution in [0.25, 0.3) is 6.08 Å². The Labute approximate surface area is 495 Å². The predicted molar refractivity (Wildman–Crippen MR) is 346 cm³/mol. The molecule has 1 aliphatic heterocycles. The second-order valence-corrected chi connectivity index (χ2v) is 23.5. The summed E-state index contributed by atoms with van der Waals surface area (Å²) in [5.74, 6) is 7.24. The van der Waals surface area contributed by atoms with Gasteiger partial charge in [-0.3, -0.25) is 0 Å². The van der Waals surface area contributed by atoms with E-state index in [9.17, 15) is 0 Å². The third kappa shape index (κ3) is 19.3. The summed E-state index contributed by atoms with van der Waals surface area (Å²) in [6, 6.07) is 55.5. The number of fused-ring (bicyclic) bond motifs is 2. The van der Waals surface area contributed by atoms with Crippen molar-refractivity contribution in [2.24, 2.45) is 5.41 Å². The molecule has 10 rings (SSSR count). The molecule has 0 N–H and O–H groups in total. The van der Waals surface area contributed by atoms with Gasteiger partial charge in [0.2, 0.25) is 0 Å². The van der Waals surface area contributed by atoms with E-state index >= 15 is 0 Å². The zero-order valence-corrected chi connectivity index (χ0v) is 51.6. The quantitative estimate of drug-likeness (QED) is 0.0506. The van der Waals surface area contributed by atoms with Crippen molar-refractivity contribution in [2.75, 3.05) is 19.8 Å². The van der Waals surface area contributed by atoms with Gasteiger partial charge in [-0.15, -0.1) is 0 Å². The topological polar surface area (TPSA) is 46.2 Å². The molecule has 0 radical (unpaired) electrons. The summed E-state index contributed by atoms with van der Waals surface area (Å²) in [5, 5.41) is 0. The van der Waals surface area contributed by atoms with Crippen molar-refractivity contribution < 1.29 is 23.7 Å². The zero-order chi connectivity index (χ0) is 58.1. The molecule has 1 heterocycles. The average Bonchev–Trinajstić information content (AvgIpc) is 3.71. The van der Waals surface area contributed by atoms with E-state index in [-0.39, 0.29) is 0 Å². The summed E-state index contributed by atoms with van der Waals surface area (Å²) >= 11 is 0. The number of hydrogen-bond acceptors (Lipinski definition) is 5. The van der Waals surface area contributed by atoms with Gasteiger partial charge in [-0.2, -0.15) is 0 Å². The molecular weight excluding hydrogens is 1000 g/mol. The van der Waals surface area contributed by atoms with Gasteiger partial charge >= 0.3 is 0 Å². The lowest BCUT2D eigenvalue weighted by Gasteiger charge is -2.41. The minimum absolute atomic E-state index is 0.522. The highest BCUT2D eigenvalue weighted by Gasteiger charge is 2.35. The van der Waals surface area contributed by atoms with Crippen molar-refractivity contribution >= 4 is 6.08 Å². The van der Waals surface area contributed by atoms with Crippen LogP contribution in [0.1, 0.15) is 211 Å². The third-order valence-corrected chi connectivity index (χ3v) is 17.7. The molecule has 5 heteroatoms. The van der Waals surface area contributed by atoms with Gasteiger partial charge in [0.05, 0.1) is 19.8 Å². The summed E-state index contributed by atoms with van der Waals surface area (Å²) < 4.78 is 28.8. The van der Waals surface area contributed by atoms with Crippen LogP contribution in [0.3, 0.4) is 0 Å². The van der Waals surface area contributed by atoms with Gasteiger partial charge in [0.15, 0.2) is 0 Å². The molecule has 0 spiro atoms. The number of benzene rings is 7. The maximum absolute atomic E-state index is 5.92. The van der Waals surface area contributed by atoms with Gasteiger partial charge < -0.3 is 23.7 Å². The van der Waals surface area contributed by atoms with Crippen LogP contribution >= 0.6 is 0 Å². The number of unbranched alkanes of at least 4 members (excludes halogenated alkanes) is 3. The third-order valence-electron chi connectivity index (χ3n) is 17.7. The maximum atomic E-state index is 5.92. The average molecular weight is 1100 g/mol. The van der Waals surface area contributed by atoms with Crippen LogP contribution in [0.5, 0.6) is 28.7 Å². The van der Waals surface area contributed by atoms with E-state index in [0.29, 0.717) is 42.3 Å². The van der Waals surface area contributed by atoms with Gasteiger partial charge in [0.1, 0.15) is 42.0 Å². The first kappa shape index (κ1) is 63.0. The number of aryl methyl sites for hydroxylation is 4. The Hall–Kier alpha value is -6.56. The van der Waals surface area contributed by atoms with E-state index in [1.807, 2.05) is 6.08 Å². The predicted octanol–water partition coefficient (Wildman–Crippen LogP) is 21.3. The summed E-state index contributed by atoms with van der Waals surface area (Å²) in [6.45, 7) is 28.0. The highest BCUT2D eigenvalue weighted by Crippen LogP contribution is 2.37. The van der Waals surface area contributed by atoms with Gasteiger partial charge in [-0.25, -0.2) is 0 Å². The van der Waals surface area contributed by atoms with Crippen molar-refractivity contribution in [3.05, 3.63) is 226 Å². The summed E-state index contributed by atoms with van der Waals surface area (Å²) in [7, 11) is 0. The standard InChI is InChI=1S/C21H34O2.2C19H22O.C18H20O/c1-4-18(3)19-10-12-20(13-11-19)23-15-9-7-6-8-14-21(5-2)16-22-17-21;1-3-14(2)16-8-10-19(11-9-16)20-13-15-4-5-17-6-7-18(17)12-15;1-4-15(3)18-10-12-19(13-11-18)20-14-17-8-6-16(5-2)7-9-17;1-3-13(2)14-6-9-17(10-7-14)19-18-11-8-15-4-5-16(15)12-18/h10-13,18H,4-9,14-17H2,1-3H3;4-5,8-12,14H,3,6-7,13H2,1-2H3;5-13,15H,2,4,14H2,1,3H3;6-13H,3-5H2,1-2H3. The molecule has 7 aromatic rings. The largest absolute Gasteiger partial charge is 0.494 e. The molecular formula is C77H98O5. The molecule has 0 amide bonds. The smallest absolute Gasteiger partial charge is 0.127 e. The Morgan fingerprint density at radius 2 is 0.829 bits per heavy atom. The number of hydrogen-bond donors (Lipinski definition) is 0.